The number of hydrogen-bond donors (Lipinski definition) is 1. The fourth-order valence-corrected chi connectivity index (χ4v) is 1.62. The summed E-state index contributed by atoms with van der Waals surface area (Å²) in [5, 5.41) is 3.36. The Morgan fingerprint density at radius 1 is 1.62 bits per heavy atom. The first-order valence-corrected chi connectivity index (χ1v) is 4.40. The average molecular weight is 225 g/mol. The van der Waals surface area contributed by atoms with E-state index in [2.05, 4.69) is 34.8 Å². The standard InChI is InChI=1S/C6H12IN/c1-5-2-3-8-4-6(5)7/h5-6,8H,2-4H2,1H3. The van der Waals surface area contributed by atoms with E-state index in [0.29, 0.717) is 0 Å². The predicted molar refractivity (Wildman–Crippen MR) is 44.5 cm³/mol. The van der Waals surface area contributed by atoms with Gasteiger partial charge < -0.3 is 5.32 Å². The normalized spacial score (nSPS) is 39.8. The van der Waals surface area contributed by atoms with Crippen molar-refractivity contribution in [2.45, 2.75) is 17.3 Å². The van der Waals surface area contributed by atoms with E-state index in [-0.39, 0.29) is 0 Å². The molecule has 0 radical (unpaired) electrons. The zero-order valence-corrected chi connectivity index (χ0v) is 7.31. The van der Waals surface area contributed by atoms with Crippen LogP contribution in [0, 0.1) is 5.92 Å². The van der Waals surface area contributed by atoms with E-state index >= 15 is 0 Å². The molecule has 1 heterocycles. The Bertz CT molecular complexity index is 64.9. The molecule has 0 amide bonds. The van der Waals surface area contributed by atoms with Crippen LogP contribution in [-0.2, 0) is 0 Å². The minimum Gasteiger partial charge on any atom is -0.316 e. The SMILES string of the molecule is CC1CCNCC1I. The lowest BCUT2D eigenvalue weighted by Gasteiger charge is -2.24. The molecule has 0 aromatic heterocycles. The van der Waals surface area contributed by atoms with Gasteiger partial charge in [0.25, 0.3) is 0 Å². The fourth-order valence-electron chi connectivity index (χ4n) is 0.952. The number of piperidine rings is 1. The molecule has 0 spiro atoms. The molecule has 1 N–H and O–H groups in total. The van der Waals surface area contributed by atoms with Gasteiger partial charge in [-0.15, -0.1) is 0 Å². The van der Waals surface area contributed by atoms with Crippen LogP contribution in [0.5, 0.6) is 0 Å². The van der Waals surface area contributed by atoms with Crippen LogP contribution in [0.1, 0.15) is 13.3 Å². The van der Waals surface area contributed by atoms with Crippen LogP contribution in [0.3, 0.4) is 0 Å². The van der Waals surface area contributed by atoms with E-state index in [0.717, 1.165) is 9.84 Å². The number of nitrogens with one attached hydrogen (secondary N) is 1. The van der Waals surface area contributed by atoms with Crippen molar-refractivity contribution in [3.63, 3.8) is 0 Å². The molecule has 1 aliphatic heterocycles. The van der Waals surface area contributed by atoms with Crippen molar-refractivity contribution in [3.8, 4) is 0 Å². The summed E-state index contributed by atoms with van der Waals surface area (Å²) < 4.78 is 0.862. The lowest BCUT2D eigenvalue weighted by molar-refractivity contribution is 0.425. The molecule has 48 valence electrons. The Morgan fingerprint density at radius 3 is 2.75 bits per heavy atom. The number of rotatable bonds is 0. The molecule has 0 aromatic carbocycles. The van der Waals surface area contributed by atoms with Crippen molar-refractivity contribution >= 4 is 22.6 Å². The summed E-state index contributed by atoms with van der Waals surface area (Å²) in [5.41, 5.74) is 0. The molecule has 0 saturated carbocycles. The molecule has 2 heteroatoms. The molecule has 1 saturated heterocycles. The van der Waals surface area contributed by atoms with Gasteiger partial charge in [-0.1, -0.05) is 29.5 Å². The first-order valence-electron chi connectivity index (χ1n) is 3.15. The first kappa shape index (κ1) is 6.81. The van der Waals surface area contributed by atoms with Crippen LogP contribution in [0.4, 0.5) is 0 Å². The second-order valence-electron chi connectivity index (χ2n) is 2.49. The lowest BCUT2D eigenvalue weighted by Crippen LogP contribution is -2.35. The van der Waals surface area contributed by atoms with Crippen molar-refractivity contribution < 1.29 is 0 Å². The van der Waals surface area contributed by atoms with E-state index < -0.39 is 0 Å². The molecule has 1 nitrogen and oxygen atoms in total. The van der Waals surface area contributed by atoms with Crippen molar-refractivity contribution in [2.24, 2.45) is 5.92 Å². The molecular formula is C6H12IN. The number of halogens is 1. The third-order valence-corrected chi connectivity index (χ3v) is 3.40. The Labute approximate surface area is 64.4 Å². The fraction of sp³-hybridized carbons (Fsp3) is 1.00. The third kappa shape index (κ3) is 1.58. The summed E-state index contributed by atoms with van der Waals surface area (Å²) in [6.45, 7) is 4.76. The van der Waals surface area contributed by atoms with Crippen molar-refractivity contribution in [1.82, 2.24) is 5.32 Å². The average Bonchev–Trinajstić information content (AvgIpc) is 1.77. The summed E-state index contributed by atoms with van der Waals surface area (Å²) in [6.07, 6.45) is 1.35. The predicted octanol–water partition coefficient (Wildman–Crippen LogP) is 1.42. The lowest BCUT2D eigenvalue weighted by atomic mass is 10.0. The third-order valence-electron chi connectivity index (χ3n) is 1.73. The molecule has 0 aliphatic carbocycles. The Kier molecular flexibility index (Phi) is 2.56. The van der Waals surface area contributed by atoms with Gasteiger partial charge >= 0.3 is 0 Å². The molecule has 1 fully saturated rings. The highest BCUT2D eigenvalue weighted by molar-refractivity contribution is 14.1. The highest BCUT2D eigenvalue weighted by Crippen LogP contribution is 2.18. The molecule has 2 unspecified atom stereocenters. The maximum atomic E-state index is 3.36. The topological polar surface area (TPSA) is 12.0 Å². The number of hydrogen-bond acceptors (Lipinski definition) is 1. The maximum absolute atomic E-state index is 3.36. The molecular weight excluding hydrogens is 213 g/mol. The summed E-state index contributed by atoms with van der Waals surface area (Å²) in [6, 6.07) is 0. The van der Waals surface area contributed by atoms with E-state index in [4.69, 9.17) is 0 Å². The largest absolute Gasteiger partial charge is 0.316 e. The Morgan fingerprint density at radius 2 is 2.38 bits per heavy atom. The Balaban J connectivity index is 2.28. The van der Waals surface area contributed by atoms with Crippen LogP contribution < -0.4 is 5.32 Å². The van der Waals surface area contributed by atoms with Crippen molar-refractivity contribution in [1.29, 1.82) is 0 Å². The van der Waals surface area contributed by atoms with E-state index in [9.17, 15) is 0 Å². The second-order valence-corrected chi connectivity index (χ2v) is 4.09. The monoisotopic (exact) mass is 225 g/mol. The summed E-state index contributed by atoms with van der Waals surface area (Å²) >= 11 is 2.52. The number of alkyl halides is 1. The van der Waals surface area contributed by atoms with Gasteiger partial charge in [0.15, 0.2) is 0 Å². The smallest absolute Gasteiger partial charge is 0.0260 e. The van der Waals surface area contributed by atoms with E-state index in [1.165, 1.54) is 19.5 Å². The summed E-state index contributed by atoms with van der Waals surface area (Å²) in [5.74, 6) is 0.928. The molecule has 0 aromatic rings. The van der Waals surface area contributed by atoms with Gasteiger partial charge in [-0.25, -0.2) is 0 Å². The second kappa shape index (κ2) is 3.01. The van der Waals surface area contributed by atoms with Gasteiger partial charge in [-0.05, 0) is 18.9 Å². The molecule has 8 heavy (non-hydrogen) atoms. The molecule has 1 rings (SSSR count). The van der Waals surface area contributed by atoms with Crippen molar-refractivity contribution in [3.05, 3.63) is 0 Å². The molecule has 1 aliphatic rings. The summed E-state index contributed by atoms with van der Waals surface area (Å²) in [7, 11) is 0. The minimum atomic E-state index is 0.862. The van der Waals surface area contributed by atoms with Gasteiger partial charge in [-0.3, -0.25) is 0 Å². The highest BCUT2D eigenvalue weighted by Gasteiger charge is 2.16. The van der Waals surface area contributed by atoms with Crippen LogP contribution in [0.25, 0.3) is 0 Å². The van der Waals surface area contributed by atoms with Crippen LogP contribution in [0.15, 0.2) is 0 Å². The first-order chi connectivity index (χ1) is 3.80. The zero-order chi connectivity index (χ0) is 5.98. The highest BCUT2D eigenvalue weighted by atomic mass is 127. The van der Waals surface area contributed by atoms with Crippen LogP contribution in [-0.4, -0.2) is 17.0 Å². The van der Waals surface area contributed by atoms with Crippen molar-refractivity contribution in [2.75, 3.05) is 13.1 Å². The van der Waals surface area contributed by atoms with E-state index in [1.807, 2.05) is 0 Å². The van der Waals surface area contributed by atoms with E-state index in [1.54, 1.807) is 0 Å². The molecule has 0 bridgehead atoms. The molecule has 2 atom stereocenters. The summed E-state index contributed by atoms with van der Waals surface area (Å²) in [4.78, 5) is 0. The van der Waals surface area contributed by atoms with Gasteiger partial charge in [0.1, 0.15) is 0 Å². The van der Waals surface area contributed by atoms with Gasteiger partial charge in [0.05, 0.1) is 0 Å². The Hall–Kier alpha value is 0.690. The van der Waals surface area contributed by atoms with Gasteiger partial charge in [-0.2, -0.15) is 0 Å². The quantitative estimate of drug-likeness (QED) is 0.485. The minimum absolute atomic E-state index is 0.862. The van der Waals surface area contributed by atoms with Gasteiger partial charge in [0.2, 0.25) is 0 Å². The van der Waals surface area contributed by atoms with Gasteiger partial charge in [0, 0.05) is 10.5 Å². The van der Waals surface area contributed by atoms with Crippen LogP contribution in [0.2, 0.25) is 0 Å². The zero-order valence-electron chi connectivity index (χ0n) is 5.15. The van der Waals surface area contributed by atoms with Crippen LogP contribution >= 0.6 is 22.6 Å². The maximum Gasteiger partial charge on any atom is 0.0260 e.